The number of aliphatic hydroxyl groups is 1. The van der Waals surface area contributed by atoms with E-state index in [4.69, 9.17) is 0 Å². The Labute approximate surface area is 138 Å². The molecule has 1 aromatic rings. The molecule has 1 amide bonds. The minimum atomic E-state index is -0.108. The van der Waals surface area contributed by atoms with Crippen molar-refractivity contribution in [2.45, 2.75) is 76.8 Å². The van der Waals surface area contributed by atoms with Crippen LogP contribution in [0, 0.1) is 0 Å². The summed E-state index contributed by atoms with van der Waals surface area (Å²) in [6.45, 7) is 7.32. The van der Waals surface area contributed by atoms with Crippen LogP contribution in [0.4, 0.5) is 0 Å². The predicted molar refractivity (Wildman–Crippen MR) is 89.6 cm³/mol. The second-order valence-corrected chi connectivity index (χ2v) is 7.97. The molecule has 5 nitrogen and oxygen atoms in total. The lowest BCUT2D eigenvalue weighted by Crippen LogP contribution is -2.44. The molecule has 3 rings (SSSR count). The maximum absolute atomic E-state index is 13.0. The molecule has 0 aromatic carbocycles. The number of aliphatic hydroxyl groups excluding tert-OH is 1. The van der Waals surface area contributed by atoms with Gasteiger partial charge in [-0.1, -0.05) is 0 Å². The second kappa shape index (κ2) is 6.27. The first kappa shape index (κ1) is 16.5. The number of amides is 1. The molecule has 1 saturated heterocycles. The molecule has 1 saturated carbocycles. The van der Waals surface area contributed by atoms with Crippen LogP contribution >= 0.6 is 0 Å². The summed E-state index contributed by atoms with van der Waals surface area (Å²) in [6, 6.07) is 2.17. The quantitative estimate of drug-likeness (QED) is 0.928. The van der Waals surface area contributed by atoms with Gasteiger partial charge in [-0.05, 0) is 65.4 Å². The molecule has 1 aromatic heterocycles. The summed E-state index contributed by atoms with van der Waals surface area (Å²) in [5.74, 6) is 0.603. The van der Waals surface area contributed by atoms with Crippen LogP contribution < -0.4 is 0 Å². The number of hydrogen-bond donors (Lipinski definition) is 1. The van der Waals surface area contributed by atoms with Crippen molar-refractivity contribution in [1.82, 2.24) is 14.7 Å². The third-order valence-corrected chi connectivity index (χ3v) is 4.94. The van der Waals surface area contributed by atoms with Gasteiger partial charge in [0, 0.05) is 30.8 Å². The molecule has 1 aliphatic carbocycles. The number of carbonyl (C=O) groups is 1. The van der Waals surface area contributed by atoms with Crippen molar-refractivity contribution in [2.24, 2.45) is 0 Å². The molecule has 5 heteroatoms. The van der Waals surface area contributed by atoms with Crippen molar-refractivity contribution in [3.8, 4) is 0 Å². The number of rotatable bonds is 4. The molecule has 0 spiro atoms. The first-order chi connectivity index (χ1) is 10.9. The van der Waals surface area contributed by atoms with Gasteiger partial charge < -0.3 is 10.0 Å². The van der Waals surface area contributed by atoms with E-state index < -0.39 is 0 Å². The highest BCUT2D eigenvalue weighted by Crippen LogP contribution is 2.42. The first-order valence-electron chi connectivity index (χ1n) is 8.94. The molecule has 2 aliphatic rings. The Morgan fingerprint density at radius 3 is 2.65 bits per heavy atom. The van der Waals surface area contributed by atoms with Gasteiger partial charge in [0.25, 0.3) is 5.91 Å². The van der Waals surface area contributed by atoms with Gasteiger partial charge in [0.1, 0.15) is 0 Å². The average molecular weight is 319 g/mol. The Hall–Kier alpha value is -1.36. The topological polar surface area (TPSA) is 58.4 Å². The van der Waals surface area contributed by atoms with Crippen molar-refractivity contribution in [1.29, 1.82) is 0 Å². The van der Waals surface area contributed by atoms with Crippen LogP contribution in [0.25, 0.3) is 0 Å². The molecule has 1 N–H and O–H groups in total. The molecule has 0 radical (unpaired) electrons. The fourth-order valence-corrected chi connectivity index (χ4v) is 3.57. The van der Waals surface area contributed by atoms with Crippen molar-refractivity contribution < 1.29 is 9.90 Å². The van der Waals surface area contributed by atoms with Gasteiger partial charge in [0.2, 0.25) is 0 Å². The highest BCUT2D eigenvalue weighted by atomic mass is 16.3. The van der Waals surface area contributed by atoms with E-state index in [0.29, 0.717) is 18.0 Å². The summed E-state index contributed by atoms with van der Waals surface area (Å²) < 4.78 is 2.04. The van der Waals surface area contributed by atoms with Crippen molar-refractivity contribution in [2.75, 3.05) is 13.2 Å². The summed E-state index contributed by atoms with van der Waals surface area (Å²) >= 11 is 0. The third kappa shape index (κ3) is 3.44. The van der Waals surface area contributed by atoms with Gasteiger partial charge in [-0.2, -0.15) is 5.10 Å². The Morgan fingerprint density at radius 2 is 2.04 bits per heavy atom. The summed E-state index contributed by atoms with van der Waals surface area (Å²) in [7, 11) is 0. The zero-order chi connectivity index (χ0) is 16.6. The largest absolute Gasteiger partial charge is 0.396 e. The van der Waals surface area contributed by atoms with Crippen LogP contribution in [0.5, 0.6) is 0 Å². The molecule has 1 atom stereocenters. The van der Waals surface area contributed by atoms with Crippen LogP contribution in [-0.4, -0.2) is 44.9 Å². The van der Waals surface area contributed by atoms with Gasteiger partial charge in [-0.3, -0.25) is 9.48 Å². The SMILES string of the molecule is CC(C)(C)n1nc(C(=O)N2CCCCC2CCO)cc1C1CC1. The minimum absolute atomic E-state index is 0.0352. The van der Waals surface area contributed by atoms with Crippen LogP contribution in [0.2, 0.25) is 0 Å². The Morgan fingerprint density at radius 1 is 1.30 bits per heavy atom. The fourth-order valence-electron chi connectivity index (χ4n) is 3.57. The highest BCUT2D eigenvalue weighted by Gasteiger charge is 2.34. The molecule has 0 bridgehead atoms. The van der Waals surface area contributed by atoms with Crippen molar-refractivity contribution in [3.05, 3.63) is 17.5 Å². The van der Waals surface area contributed by atoms with E-state index in [1.165, 1.54) is 18.5 Å². The number of carbonyl (C=O) groups excluding carboxylic acids is 1. The molecular weight excluding hydrogens is 290 g/mol. The normalized spacial score (nSPS) is 22.4. The van der Waals surface area contributed by atoms with E-state index in [1.807, 2.05) is 15.6 Å². The van der Waals surface area contributed by atoms with E-state index in [0.717, 1.165) is 25.8 Å². The second-order valence-electron chi connectivity index (χ2n) is 7.97. The summed E-state index contributed by atoms with van der Waals surface area (Å²) in [4.78, 5) is 14.9. The summed E-state index contributed by atoms with van der Waals surface area (Å²) in [5.41, 5.74) is 1.67. The lowest BCUT2D eigenvalue weighted by Gasteiger charge is -2.35. The molecule has 1 unspecified atom stereocenters. The third-order valence-electron chi connectivity index (χ3n) is 4.94. The van der Waals surface area contributed by atoms with Gasteiger partial charge >= 0.3 is 0 Å². The molecule has 128 valence electrons. The molecular formula is C18H29N3O2. The smallest absolute Gasteiger partial charge is 0.274 e. The zero-order valence-corrected chi connectivity index (χ0v) is 14.6. The van der Waals surface area contributed by atoms with E-state index in [2.05, 4.69) is 25.9 Å². The average Bonchev–Trinajstić information content (AvgIpc) is 3.24. The number of piperidine rings is 1. The maximum atomic E-state index is 13.0. The van der Waals surface area contributed by atoms with Gasteiger partial charge in [-0.15, -0.1) is 0 Å². The van der Waals surface area contributed by atoms with E-state index in [-0.39, 0.29) is 24.1 Å². The maximum Gasteiger partial charge on any atom is 0.274 e. The minimum Gasteiger partial charge on any atom is -0.396 e. The monoisotopic (exact) mass is 319 g/mol. The molecule has 1 aliphatic heterocycles. The number of likely N-dealkylation sites (tertiary alicyclic amines) is 1. The van der Waals surface area contributed by atoms with Gasteiger partial charge in [0.05, 0.1) is 5.54 Å². The fraction of sp³-hybridized carbons (Fsp3) is 0.778. The van der Waals surface area contributed by atoms with Crippen LogP contribution in [0.15, 0.2) is 6.07 Å². The Balaban J connectivity index is 1.87. The summed E-state index contributed by atoms with van der Waals surface area (Å²) in [6.07, 6.45) is 6.24. The van der Waals surface area contributed by atoms with Gasteiger partial charge in [0.15, 0.2) is 5.69 Å². The van der Waals surface area contributed by atoms with Gasteiger partial charge in [-0.25, -0.2) is 0 Å². The number of aromatic nitrogens is 2. The zero-order valence-electron chi connectivity index (χ0n) is 14.6. The first-order valence-corrected chi connectivity index (χ1v) is 8.94. The van der Waals surface area contributed by atoms with Crippen molar-refractivity contribution in [3.63, 3.8) is 0 Å². The number of hydrogen-bond acceptors (Lipinski definition) is 3. The van der Waals surface area contributed by atoms with E-state index >= 15 is 0 Å². The van der Waals surface area contributed by atoms with Crippen LogP contribution in [-0.2, 0) is 5.54 Å². The lowest BCUT2D eigenvalue weighted by atomic mass is 9.99. The van der Waals surface area contributed by atoms with E-state index in [1.54, 1.807) is 0 Å². The Kier molecular flexibility index (Phi) is 4.50. The predicted octanol–water partition coefficient (Wildman–Crippen LogP) is 2.89. The Bertz CT molecular complexity index is 567. The lowest BCUT2D eigenvalue weighted by molar-refractivity contribution is 0.0567. The highest BCUT2D eigenvalue weighted by molar-refractivity contribution is 5.92. The molecule has 23 heavy (non-hydrogen) atoms. The van der Waals surface area contributed by atoms with E-state index in [9.17, 15) is 9.90 Å². The summed E-state index contributed by atoms with van der Waals surface area (Å²) in [5, 5.41) is 13.9. The number of nitrogens with zero attached hydrogens (tertiary/aromatic N) is 3. The molecule has 2 fully saturated rings. The van der Waals surface area contributed by atoms with Crippen LogP contribution in [0.1, 0.15) is 81.4 Å². The van der Waals surface area contributed by atoms with Crippen LogP contribution in [0.3, 0.4) is 0 Å². The molecule has 2 heterocycles. The standard InChI is InChI=1S/C18H29N3O2/c1-18(2,3)21-16(13-7-8-13)12-15(19-21)17(23)20-10-5-4-6-14(20)9-11-22/h12-14,22H,4-11H2,1-3H3. The van der Waals surface area contributed by atoms with Crippen molar-refractivity contribution >= 4 is 5.91 Å².